The molecule has 4 rings (SSSR count). The summed E-state index contributed by atoms with van der Waals surface area (Å²) in [4.78, 5) is 0. The molecule has 0 radical (unpaired) electrons. The average molecular weight is 265 g/mol. The number of fused-ring (bicyclic) bond motifs is 5. The van der Waals surface area contributed by atoms with Crippen LogP contribution < -0.4 is 0 Å². The van der Waals surface area contributed by atoms with Crippen molar-refractivity contribution < 1.29 is 0 Å². The Morgan fingerprint density at radius 3 is 2.63 bits per heavy atom. The third-order valence-electron chi connectivity index (χ3n) is 4.05. The van der Waals surface area contributed by atoms with Gasteiger partial charge in [0.25, 0.3) is 0 Å². The van der Waals surface area contributed by atoms with E-state index >= 15 is 0 Å². The first kappa shape index (κ1) is 11.1. The smallest absolute Gasteiger partial charge is 0.0412 e. The first-order valence-electron chi connectivity index (χ1n) is 6.62. The zero-order valence-corrected chi connectivity index (χ0v) is 11.2. The van der Waals surface area contributed by atoms with Crippen molar-refractivity contribution in [3.8, 4) is 11.1 Å². The van der Waals surface area contributed by atoms with Crippen LogP contribution in [0.1, 0.15) is 11.1 Å². The van der Waals surface area contributed by atoms with Gasteiger partial charge >= 0.3 is 0 Å². The molecule has 0 unspecified atom stereocenters. The summed E-state index contributed by atoms with van der Waals surface area (Å²) in [5, 5.41) is 3.53. The lowest BCUT2D eigenvalue weighted by Crippen LogP contribution is -2.04. The van der Waals surface area contributed by atoms with E-state index in [-0.39, 0.29) is 0 Å². The number of benzene rings is 3. The highest BCUT2D eigenvalue weighted by Crippen LogP contribution is 2.38. The molecule has 19 heavy (non-hydrogen) atoms. The third kappa shape index (κ3) is 1.67. The minimum absolute atomic E-state index is 0.819. The summed E-state index contributed by atoms with van der Waals surface area (Å²) in [6.07, 6.45) is 2.22. The van der Waals surface area contributed by atoms with Crippen LogP contribution in [0.25, 0.3) is 21.9 Å². The molecule has 0 saturated carbocycles. The van der Waals surface area contributed by atoms with E-state index in [1.54, 1.807) is 0 Å². The molecule has 0 aromatic heterocycles. The van der Waals surface area contributed by atoms with Gasteiger partial charge in [0, 0.05) is 5.02 Å². The first-order valence-corrected chi connectivity index (χ1v) is 7.00. The van der Waals surface area contributed by atoms with Crippen molar-refractivity contribution in [2.45, 2.75) is 12.8 Å². The summed E-state index contributed by atoms with van der Waals surface area (Å²) < 4.78 is 0. The van der Waals surface area contributed by atoms with Gasteiger partial charge in [0.15, 0.2) is 0 Å². The summed E-state index contributed by atoms with van der Waals surface area (Å²) >= 11 is 6.16. The van der Waals surface area contributed by atoms with Gasteiger partial charge in [-0.05, 0) is 58.0 Å². The highest BCUT2D eigenvalue weighted by molar-refractivity contribution is 6.31. The second-order valence-corrected chi connectivity index (χ2v) is 5.55. The molecule has 0 fully saturated rings. The molecule has 0 saturated heterocycles. The van der Waals surface area contributed by atoms with Gasteiger partial charge in [0.1, 0.15) is 0 Å². The molecule has 1 heteroatoms. The molecule has 92 valence electrons. The molecule has 0 atom stereocenters. The van der Waals surface area contributed by atoms with Crippen LogP contribution in [0.2, 0.25) is 5.02 Å². The highest BCUT2D eigenvalue weighted by atomic mass is 35.5. The first-order chi connectivity index (χ1) is 9.33. The normalized spacial score (nSPS) is 13.1. The van der Waals surface area contributed by atoms with Gasteiger partial charge < -0.3 is 0 Å². The van der Waals surface area contributed by atoms with E-state index in [9.17, 15) is 0 Å². The molecule has 3 aromatic carbocycles. The number of aryl methyl sites for hydroxylation is 2. The maximum atomic E-state index is 6.16. The van der Waals surface area contributed by atoms with Gasteiger partial charge in [0.2, 0.25) is 0 Å². The minimum Gasteiger partial charge on any atom is -0.0843 e. The van der Waals surface area contributed by atoms with Crippen LogP contribution in [0, 0.1) is 0 Å². The standard InChI is InChI=1S/C18H13Cl/c19-14-8-5-13-7-9-16-15-4-2-1-3-12(15)6-10-17(16)18(13)11-14/h1-6,8,10-11H,7,9H2. The van der Waals surface area contributed by atoms with Crippen molar-refractivity contribution in [2.75, 3.05) is 0 Å². The Morgan fingerprint density at radius 1 is 0.789 bits per heavy atom. The summed E-state index contributed by atoms with van der Waals surface area (Å²) in [5.74, 6) is 0. The van der Waals surface area contributed by atoms with Crippen LogP contribution in [0.15, 0.2) is 54.6 Å². The Balaban J connectivity index is 2.07. The molecule has 0 bridgehead atoms. The Hall–Kier alpha value is -1.79. The summed E-state index contributed by atoms with van der Waals surface area (Å²) in [5.41, 5.74) is 5.53. The van der Waals surface area contributed by atoms with E-state index in [4.69, 9.17) is 11.6 Å². The molecule has 0 amide bonds. The minimum atomic E-state index is 0.819. The number of hydrogen-bond donors (Lipinski definition) is 0. The fraction of sp³-hybridized carbons (Fsp3) is 0.111. The van der Waals surface area contributed by atoms with E-state index in [2.05, 4.69) is 48.5 Å². The fourth-order valence-electron chi connectivity index (χ4n) is 3.13. The van der Waals surface area contributed by atoms with E-state index in [0.717, 1.165) is 17.9 Å². The van der Waals surface area contributed by atoms with Gasteiger partial charge in [-0.1, -0.05) is 54.1 Å². The van der Waals surface area contributed by atoms with Crippen molar-refractivity contribution in [3.63, 3.8) is 0 Å². The van der Waals surface area contributed by atoms with Gasteiger partial charge in [-0.25, -0.2) is 0 Å². The zero-order valence-electron chi connectivity index (χ0n) is 10.5. The molecule has 3 aromatic rings. The number of hydrogen-bond acceptors (Lipinski definition) is 0. The maximum absolute atomic E-state index is 6.16. The molecule has 0 spiro atoms. The van der Waals surface area contributed by atoms with E-state index < -0.39 is 0 Å². The highest BCUT2D eigenvalue weighted by Gasteiger charge is 2.17. The second kappa shape index (κ2) is 4.11. The predicted octanol–water partition coefficient (Wildman–Crippen LogP) is 5.26. The van der Waals surface area contributed by atoms with Gasteiger partial charge in [-0.3, -0.25) is 0 Å². The van der Waals surface area contributed by atoms with Crippen molar-refractivity contribution in [2.24, 2.45) is 0 Å². The summed E-state index contributed by atoms with van der Waals surface area (Å²) in [6.45, 7) is 0. The van der Waals surface area contributed by atoms with Crippen LogP contribution in [0.4, 0.5) is 0 Å². The molecular weight excluding hydrogens is 252 g/mol. The Morgan fingerprint density at radius 2 is 1.68 bits per heavy atom. The van der Waals surface area contributed by atoms with Gasteiger partial charge in [-0.2, -0.15) is 0 Å². The van der Waals surface area contributed by atoms with Gasteiger partial charge in [-0.15, -0.1) is 0 Å². The monoisotopic (exact) mass is 264 g/mol. The van der Waals surface area contributed by atoms with Crippen LogP contribution in [0.3, 0.4) is 0 Å². The zero-order chi connectivity index (χ0) is 12.8. The van der Waals surface area contributed by atoms with E-state index in [1.165, 1.54) is 33.0 Å². The molecule has 0 heterocycles. The van der Waals surface area contributed by atoms with E-state index in [1.807, 2.05) is 6.07 Å². The molecule has 0 N–H and O–H groups in total. The SMILES string of the molecule is Clc1ccc2c(c1)-c1ccc3ccccc3c1CC2. The largest absolute Gasteiger partial charge is 0.0843 e. The lowest BCUT2D eigenvalue weighted by atomic mass is 9.83. The second-order valence-electron chi connectivity index (χ2n) is 5.11. The average Bonchev–Trinajstić information content (AvgIpc) is 2.46. The lowest BCUT2D eigenvalue weighted by molar-refractivity contribution is 0.951. The fourth-order valence-corrected chi connectivity index (χ4v) is 3.31. The van der Waals surface area contributed by atoms with Crippen molar-refractivity contribution >= 4 is 22.4 Å². The summed E-state index contributed by atoms with van der Waals surface area (Å²) in [6, 6.07) is 19.3. The van der Waals surface area contributed by atoms with Crippen LogP contribution >= 0.6 is 11.6 Å². The van der Waals surface area contributed by atoms with Crippen molar-refractivity contribution in [1.82, 2.24) is 0 Å². The van der Waals surface area contributed by atoms with Crippen LogP contribution in [-0.2, 0) is 12.8 Å². The third-order valence-corrected chi connectivity index (χ3v) is 4.28. The number of halogens is 1. The predicted molar refractivity (Wildman–Crippen MR) is 81.8 cm³/mol. The van der Waals surface area contributed by atoms with Crippen LogP contribution in [0.5, 0.6) is 0 Å². The Labute approximate surface area is 117 Å². The topological polar surface area (TPSA) is 0 Å². The Kier molecular flexibility index (Phi) is 2.39. The number of rotatable bonds is 0. The molecule has 0 aliphatic heterocycles. The summed E-state index contributed by atoms with van der Waals surface area (Å²) in [7, 11) is 0. The molecule has 1 aliphatic carbocycles. The maximum Gasteiger partial charge on any atom is 0.0412 e. The molecule has 1 aliphatic rings. The van der Waals surface area contributed by atoms with E-state index in [0.29, 0.717) is 0 Å². The molecular formula is C18H13Cl. The molecule has 0 nitrogen and oxygen atoms in total. The van der Waals surface area contributed by atoms with Crippen molar-refractivity contribution in [1.29, 1.82) is 0 Å². The van der Waals surface area contributed by atoms with Crippen LogP contribution in [-0.4, -0.2) is 0 Å². The Bertz CT molecular complexity index is 787. The van der Waals surface area contributed by atoms with Crippen molar-refractivity contribution in [3.05, 3.63) is 70.7 Å². The van der Waals surface area contributed by atoms with Gasteiger partial charge in [0.05, 0.1) is 0 Å². The lowest BCUT2D eigenvalue weighted by Gasteiger charge is -2.21. The quantitative estimate of drug-likeness (QED) is 0.520.